The summed E-state index contributed by atoms with van der Waals surface area (Å²) in [5, 5.41) is 4.10. The van der Waals surface area contributed by atoms with Crippen LogP contribution in [0.25, 0.3) is 22.3 Å². The Kier molecular flexibility index (Phi) is 5.60. The zero-order valence-corrected chi connectivity index (χ0v) is 17.6. The van der Waals surface area contributed by atoms with Crippen molar-refractivity contribution in [1.82, 2.24) is 25.3 Å². The summed E-state index contributed by atoms with van der Waals surface area (Å²) in [4.78, 5) is 20.1. The van der Waals surface area contributed by atoms with Crippen LogP contribution in [-0.2, 0) is 0 Å². The number of benzene rings is 1. The molecule has 0 spiro atoms. The molecule has 1 saturated heterocycles. The predicted octanol–water partition coefficient (Wildman–Crippen LogP) is 3.58. The Hall–Kier alpha value is -3.65. The maximum absolute atomic E-state index is 15.3. The molecule has 0 radical (unpaired) electrons. The molecule has 1 aromatic carbocycles. The molecule has 4 heterocycles. The first-order valence-electron chi connectivity index (χ1n) is 10.5. The molecule has 1 N–H and O–H groups in total. The standard InChI is InChI=1S/C24H23FN6O/c1-32-20-14-27-13-18-21(20)24(30-23(29-18)17-7-9-26-10-8-17)31-12-11-28-19(15-31)22(25)16-5-3-2-4-6-16/h2-10,13-14,19,22,28H,11-12,15H2,1H3/t19-,22?/m1/s1. The lowest BCUT2D eigenvalue weighted by Crippen LogP contribution is -2.52. The Morgan fingerprint density at radius 1 is 1.06 bits per heavy atom. The lowest BCUT2D eigenvalue weighted by atomic mass is 10.0. The van der Waals surface area contributed by atoms with Crippen LogP contribution in [0.1, 0.15) is 11.7 Å². The highest BCUT2D eigenvalue weighted by Gasteiger charge is 2.30. The number of anilines is 1. The van der Waals surface area contributed by atoms with Gasteiger partial charge in [-0.2, -0.15) is 0 Å². The van der Waals surface area contributed by atoms with Crippen LogP contribution in [0.2, 0.25) is 0 Å². The fourth-order valence-electron chi connectivity index (χ4n) is 4.09. The average Bonchev–Trinajstić information content (AvgIpc) is 2.88. The van der Waals surface area contributed by atoms with Crippen LogP contribution in [0, 0.1) is 0 Å². The van der Waals surface area contributed by atoms with Crippen molar-refractivity contribution in [3.8, 4) is 17.1 Å². The van der Waals surface area contributed by atoms with E-state index in [-0.39, 0.29) is 6.04 Å². The van der Waals surface area contributed by atoms with Crippen LogP contribution in [0.4, 0.5) is 10.2 Å². The molecule has 5 rings (SSSR count). The maximum Gasteiger partial charge on any atom is 0.162 e. The van der Waals surface area contributed by atoms with Crippen LogP contribution >= 0.6 is 0 Å². The van der Waals surface area contributed by atoms with Gasteiger partial charge in [0.15, 0.2) is 5.82 Å². The van der Waals surface area contributed by atoms with E-state index >= 15 is 4.39 Å². The molecule has 1 aliphatic heterocycles. The number of hydrogen-bond donors (Lipinski definition) is 1. The van der Waals surface area contributed by atoms with Crippen LogP contribution in [-0.4, -0.2) is 52.7 Å². The molecule has 0 aliphatic carbocycles. The average molecular weight is 430 g/mol. The fourth-order valence-corrected chi connectivity index (χ4v) is 4.09. The van der Waals surface area contributed by atoms with Crippen molar-refractivity contribution in [1.29, 1.82) is 0 Å². The number of ether oxygens (including phenoxy) is 1. The monoisotopic (exact) mass is 430 g/mol. The van der Waals surface area contributed by atoms with Gasteiger partial charge in [0.25, 0.3) is 0 Å². The molecular formula is C24H23FN6O. The highest BCUT2D eigenvalue weighted by atomic mass is 19.1. The zero-order chi connectivity index (χ0) is 21.9. The number of pyridine rings is 2. The summed E-state index contributed by atoms with van der Waals surface area (Å²) in [7, 11) is 1.60. The second kappa shape index (κ2) is 8.84. The quantitative estimate of drug-likeness (QED) is 0.519. The highest BCUT2D eigenvalue weighted by Crippen LogP contribution is 2.35. The molecule has 162 valence electrons. The molecule has 7 nitrogen and oxygen atoms in total. The number of hydrogen-bond acceptors (Lipinski definition) is 7. The molecule has 2 atom stereocenters. The first-order chi connectivity index (χ1) is 15.7. The summed E-state index contributed by atoms with van der Waals surface area (Å²) < 4.78 is 20.9. The van der Waals surface area contributed by atoms with Crippen molar-refractivity contribution in [2.24, 2.45) is 0 Å². The maximum atomic E-state index is 15.3. The van der Waals surface area contributed by atoms with Crippen LogP contribution < -0.4 is 15.0 Å². The number of halogens is 1. The predicted molar refractivity (Wildman–Crippen MR) is 121 cm³/mol. The topological polar surface area (TPSA) is 76.1 Å². The van der Waals surface area contributed by atoms with Crippen molar-refractivity contribution in [2.45, 2.75) is 12.2 Å². The van der Waals surface area contributed by atoms with E-state index in [9.17, 15) is 0 Å². The van der Waals surface area contributed by atoms with Gasteiger partial charge < -0.3 is 15.0 Å². The van der Waals surface area contributed by atoms with E-state index < -0.39 is 6.17 Å². The van der Waals surface area contributed by atoms with Gasteiger partial charge in [-0.1, -0.05) is 30.3 Å². The number of nitrogens with one attached hydrogen (secondary N) is 1. The van der Waals surface area contributed by atoms with Gasteiger partial charge in [0.05, 0.1) is 36.4 Å². The molecule has 1 aliphatic rings. The first-order valence-corrected chi connectivity index (χ1v) is 10.5. The smallest absolute Gasteiger partial charge is 0.162 e. The Balaban J connectivity index is 1.57. The number of nitrogens with zero attached hydrogens (tertiary/aromatic N) is 5. The Morgan fingerprint density at radius 2 is 1.88 bits per heavy atom. The fraction of sp³-hybridized carbons (Fsp3) is 0.250. The van der Waals surface area contributed by atoms with Gasteiger partial charge in [-0.25, -0.2) is 14.4 Å². The van der Waals surface area contributed by atoms with E-state index in [1.165, 1.54) is 0 Å². The van der Waals surface area contributed by atoms with Crippen molar-refractivity contribution >= 4 is 16.7 Å². The van der Waals surface area contributed by atoms with Crippen molar-refractivity contribution in [3.05, 3.63) is 72.8 Å². The van der Waals surface area contributed by atoms with E-state index in [0.29, 0.717) is 48.1 Å². The van der Waals surface area contributed by atoms with Gasteiger partial charge in [0.2, 0.25) is 0 Å². The summed E-state index contributed by atoms with van der Waals surface area (Å²) in [6, 6.07) is 12.6. The summed E-state index contributed by atoms with van der Waals surface area (Å²) in [6.07, 6.45) is 5.65. The molecule has 0 bridgehead atoms. The first kappa shape index (κ1) is 20.3. The minimum Gasteiger partial charge on any atom is -0.494 e. The van der Waals surface area contributed by atoms with Crippen LogP contribution in [0.3, 0.4) is 0 Å². The van der Waals surface area contributed by atoms with Gasteiger partial charge in [-0.05, 0) is 17.7 Å². The summed E-state index contributed by atoms with van der Waals surface area (Å²) >= 11 is 0. The Bertz CT molecular complexity index is 1210. The van der Waals surface area contributed by atoms with E-state index in [0.717, 1.165) is 10.9 Å². The highest BCUT2D eigenvalue weighted by molar-refractivity contribution is 5.95. The molecule has 1 fully saturated rings. The van der Waals surface area contributed by atoms with Gasteiger partial charge in [-0.15, -0.1) is 0 Å². The summed E-state index contributed by atoms with van der Waals surface area (Å²) in [5.41, 5.74) is 2.19. The van der Waals surface area contributed by atoms with Crippen LogP contribution in [0.5, 0.6) is 5.75 Å². The third-order valence-electron chi connectivity index (χ3n) is 5.69. The number of methoxy groups -OCH3 is 1. The lowest BCUT2D eigenvalue weighted by molar-refractivity contribution is 0.242. The second-order valence-electron chi connectivity index (χ2n) is 7.66. The largest absolute Gasteiger partial charge is 0.494 e. The van der Waals surface area contributed by atoms with Gasteiger partial charge in [0, 0.05) is 37.6 Å². The molecule has 0 saturated carbocycles. The van der Waals surface area contributed by atoms with Gasteiger partial charge >= 0.3 is 0 Å². The van der Waals surface area contributed by atoms with Crippen molar-refractivity contribution in [3.63, 3.8) is 0 Å². The Labute approximate surface area is 185 Å². The number of aromatic nitrogens is 4. The molecule has 1 unspecified atom stereocenters. The third-order valence-corrected chi connectivity index (χ3v) is 5.69. The van der Waals surface area contributed by atoms with Gasteiger partial charge in [0.1, 0.15) is 17.7 Å². The third kappa shape index (κ3) is 3.85. The van der Waals surface area contributed by atoms with E-state index in [4.69, 9.17) is 14.7 Å². The summed E-state index contributed by atoms with van der Waals surface area (Å²) in [6.45, 7) is 1.79. The van der Waals surface area contributed by atoms with E-state index in [2.05, 4.69) is 20.2 Å². The SMILES string of the molecule is COc1cncc2nc(-c3ccncc3)nc(N3CCN[C@@H](C(F)c4ccccc4)C3)c12. The number of alkyl halides is 1. The number of fused-ring (bicyclic) bond motifs is 1. The molecule has 32 heavy (non-hydrogen) atoms. The molecule has 8 heteroatoms. The second-order valence-corrected chi connectivity index (χ2v) is 7.66. The minimum atomic E-state index is -1.13. The zero-order valence-electron chi connectivity index (χ0n) is 17.6. The molecular weight excluding hydrogens is 407 g/mol. The Morgan fingerprint density at radius 3 is 2.66 bits per heavy atom. The molecule has 3 aromatic heterocycles. The van der Waals surface area contributed by atoms with Crippen molar-refractivity contribution in [2.75, 3.05) is 31.6 Å². The van der Waals surface area contributed by atoms with Gasteiger partial charge in [-0.3, -0.25) is 9.97 Å². The number of rotatable bonds is 5. The lowest BCUT2D eigenvalue weighted by Gasteiger charge is -2.36. The summed E-state index contributed by atoms with van der Waals surface area (Å²) in [5.74, 6) is 1.88. The van der Waals surface area contributed by atoms with Crippen molar-refractivity contribution < 1.29 is 9.13 Å². The van der Waals surface area contributed by atoms with E-state index in [1.807, 2.05) is 42.5 Å². The normalized spacial score (nSPS) is 17.3. The number of piperazine rings is 1. The van der Waals surface area contributed by atoms with E-state index in [1.54, 1.807) is 31.9 Å². The molecule has 0 amide bonds. The molecule has 4 aromatic rings. The minimum absolute atomic E-state index is 0.367. The van der Waals surface area contributed by atoms with Crippen LogP contribution in [0.15, 0.2) is 67.3 Å².